The first kappa shape index (κ1) is 17.6. The van der Waals surface area contributed by atoms with Gasteiger partial charge in [-0.1, -0.05) is 43.3 Å². The van der Waals surface area contributed by atoms with Crippen LogP contribution in [-0.4, -0.2) is 40.9 Å². The largest absolute Gasteiger partial charge is 0.297 e. The van der Waals surface area contributed by atoms with E-state index in [1.165, 1.54) is 11.1 Å². The summed E-state index contributed by atoms with van der Waals surface area (Å²) in [5.74, 6) is 0. The minimum Gasteiger partial charge on any atom is -0.297 e. The zero-order valence-electron chi connectivity index (χ0n) is 14.7. The van der Waals surface area contributed by atoms with Gasteiger partial charge in [0, 0.05) is 51.4 Å². The molecule has 0 aliphatic carbocycles. The third-order valence-electron chi connectivity index (χ3n) is 4.86. The summed E-state index contributed by atoms with van der Waals surface area (Å²) >= 11 is 0. The van der Waals surface area contributed by atoms with Crippen LogP contribution in [0.1, 0.15) is 23.6 Å². The molecule has 25 heavy (non-hydrogen) atoms. The Kier molecular flexibility index (Phi) is 5.79. The van der Waals surface area contributed by atoms with Crippen molar-refractivity contribution >= 4 is 5.69 Å². The number of rotatable bonds is 6. The van der Waals surface area contributed by atoms with Crippen molar-refractivity contribution in [2.45, 2.75) is 26.4 Å². The highest BCUT2D eigenvalue weighted by Crippen LogP contribution is 2.15. The minimum atomic E-state index is -0.352. The summed E-state index contributed by atoms with van der Waals surface area (Å²) in [6, 6.07) is 15.8. The predicted octanol–water partition coefficient (Wildman–Crippen LogP) is 3.48. The second-order valence-electron chi connectivity index (χ2n) is 6.65. The summed E-state index contributed by atoms with van der Waals surface area (Å²) in [5.41, 5.74) is 4.05. The first-order chi connectivity index (χ1) is 12.1. The predicted molar refractivity (Wildman–Crippen MR) is 99.5 cm³/mol. The Morgan fingerprint density at radius 3 is 1.60 bits per heavy atom. The third-order valence-corrected chi connectivity index (χ3v) is 4.86. The van der Waals surface area contributed by atoms with Gasteiger partial charge in [-0.3, -0.25) is 19.9 Å². The molecule has 5 nitrogen and oxygen atoms in total. The average Bonchev–Trinajstić information content (AvgIpc) is 2.64. The molecule has 0 bridgehead atoms. The van der Waals surface area contributed by atoms with Gasteiger partial charge in [0.25, 0.3) is 5.69 Å². The van der Waals surface area contributed by atoms with Gasteiger partial charge >= 0.3 is 0 Å². The molecule has 0 amide bonds. The van der Waals surface area contributed by atoms with E-state index in [9.17, 15) is 10.1 Å². The topological polar surface area (TPSA) is 49.6 Å². The maximum absolute atomic E-state index is 10.7. The van der Waals surface area contributed by atoms with Crippen LogP contribution in [0.4, 0.5) is 5.69 Å². The van der Waals surface area contributed by atoms with Gasteiger partial charge in [-0.15, -0.1) is 0 Å². The van der Waals surface area contributed by atoms with Gasteiger partial charge in [0.15, 0.2) is 0 Å². The van der Waals surface area contributed by atoms with Gasteiger partial charge in [-0.05, 0) is 23.1 Å². The molecule has 5 heteroatoms. The van der Waals surface area contributed by atoms with Crippen molar-refractivity contribution in [2.24, 2.45) is 0 Å². The molecule has 132 valence electrons. The number of nitrogens with zero attached hydrogens (tertiary/aromatic N) is 3. The van der Waals surface area contributed by atoms with Crippen LogP contribution < -0.4 is 0 Å². The lowest BCUT2D eigenvalue weighted by Gasteiger charge is -2.34. The summed E-state index contributed by atoms with van der Waals surface area (Å²) < 4.78 is 0. The molecule has 2 aromatic rings. The molecule has 1 fully saturated rings. The maximum atomic E-state index is 10.7. The highest BCUT2D eigenvalue weighted by atomic mass is 16.6. The van der Waals surface area contributed by atoms with Crippen LogP contribution in [0.2, 0.25) is 0 Å². The van der Waals surface area contributed by atoms with Crippen LogP contribution in [0.5, 0.6) is 0 Å². The lowest BCUT2D eigenvalue weighted by atomic mass is 10.1. The van der Waals surface area contributed by atoms with Crippen molar-refractivity contribution in [1.29, 1.82) is 0 Å². The Morgan fingerprint density at radius 2 is 1.20 bits per heavy atom. The molecule has 0 radical (unpaired) electrons. The van der Waals surface area contributed by atoms with Crippen LogP contribution in [-0.2, 0) is 19.5 Å². The lowest BCUT2D eigenvalue weighted by molar-refractivity contribution is -0.384. The fraction of sp³-hybridized carbons (Fsp3) is 0.400. The van der Waals surface area contributed by atoms with E-state index >= 15 is 0 Å². The molecule has 0 spiro atoms. The number of hydrogen-bond donors (Lipinski definition) is 0. The summed E-state index contributed by atoms with van der Waals surface area (Å²) in [7, 11) is 0. The summed E-state index contributed by atoms with van der Waals surface area (Å²) in [5, 5.41) is 10.7. The van der Waals surface area contributed by atoms with Gasteiger partial charge in [-0.2, -0.15) is 0 Å². The summed E-state index contributed by atoms with van der Waals surface area (Å²) in [4.78, 5) is 15.3. The molecule has 0 unspecified atom stereocenters. The SMILES string of the molecule is CCc1ccc(CN2CCN(Cc3ccc([N+](=O)[O-])cc3)CC2)cc1. The Balaban J connectivity index is 1.47. The van der Waals surface area contributed by atoms with Crippen molar-refractivity contribution in [3.05, 3.63) is 75.3 Å². The van der Waals surface area contributed by atoms with Crippen molar-refractivity contribution in [3.8, 4) is 0 Å². The minimum absolute atomic E-state index is 0.155. The number of piperazine rings is 1. The fourth-order valence-electron chi connectivity index (χ4n) is 3.23. The van der Waals surface area contributed by atoms with Gasteiger partial charge in [0.1, 0.15) is 0 Å². The van der Waals surface area contributed by atoms with Gasteiger partial charge in [-0.25, -0.2) is 0 Å². The van der Waals surface area contributed by atoms with E-state index in [0.717, 1.165) is 51.3 Å². The average molecular weight is 339 g/mol. The Labute approximate surface area is 149 Å². The standard InChI is InChI=1S/C20H25N3O2/c1-2-17-3-5-18(6-4-17)15-21-11-13-22(14-12-21)16-19-7-9-20(10-8-19)23(24)25/h3-10H,2,11-16H2,1H3. The first-order valence-electron chi connectivity index (χ1n) is 8.90. The molecule has 1 saturated heterocycles. The van der Waals surface area contributed by atoms with Gasteiger partial charge < -0.3 is 0 Å². The molecule has 2 aromatic carbocycles. The zero-order valence-corrected chi connectivity index (χ0v) is 14.7. The first-order valence-corrected chi connectivity index (χ1v) is 8.90. The second kappa shape index (κ2) is 8.23. The number of hydrogen-bond acceptors (Lipinski definition) is 4. The quantitative estimate of drug-likeness (QED) is 0.597. The van der Waals surface area contributed by atoms with E-state index in [-0.39, 0.29) is 10.6 Å². The number of benzene rings is 2. The number of aryl methyl sites for hydroxylation is 1. The molecule has 0 N–H and O–H groups in total. The van der Waals surface area contributed by atoms with Crippen LogP contribution >= 0.6 is 0 Å². The summed E-state index contributed by atoms with van der Waals surface area (Å²) in [6.45, 7) is 8.23. The van der Waals surface area contributed by atoms with Crippen LogP contribution in [0.25, 0.3) is 0 Å². The Hall–Kier alpha value is -2.24. The molecular formula is C20H25N3O2. The van der Waals surface area contributed by atoms with E-state index < -0.39 is 0 Å². The van der Waals surface area contributed by atoms with E-state index in [0.29, 0.717) is 0 Å². The molecule has 0 aromatic heterocycles. The molecule has 1 aliphatic rings. The molecule has 0 saturated carbocycles. The second-order valence-corrected chi connectivity index (χ2v) is 6.65. The number of nitro groups is 1. The van der Waals surface area contributed by atoms with E-state index in [1.54, 1.807) is 12.1 Å². The number of non-ortho nitro benzene ring substituents is 1. The van der Waals surface area contributed by atoms with Crippen LogP contribution in [0.3, 0.4) is 0 Å². The maximum Gasteiger partial charge on any atom is 0.269 e. The van der Waals surface area contributed by atoms with Gasteiger partial charge in [0.2, 0.25) is 0 Å². The Morgan fingerprint density at radius 1 is 0.800 bits per heavy atom. The van der Waals surface area contributed by atoms with Crippen molar-refractivity contribution in [3.63, 3.8) is 0 Å². The van der Waals surface area contributed by atoms with E-state index in [2.05, 4.69) is 41.0 Å². The van der Waals surface area contributed by atoms with Gasteiger partial charge in [0.05, 0.1) is 4.92 Å². The Bertz CT molecular complexity index is 690. The summed E-state index contributed by atoms with van der Waals surface area (Å²) in [6.07, 6.45) is 1.08. The van der Waals surface area contributed by atoms with Crippen LogP contribution in [0, 0.1) is 10.1 Å². The van der Waals surface area contributed by atoms with Crippen molar-refractivity contribution < 1.29 is 4.92 Å². The lowest BCUT2D eigenvalue weighted by Crippen LogP contribution is -2.45. The zero-order chi connectivity index (χ0) is 17.6. The van der Waals surface area contributed by atoms with E-state index in [4.69, 9.17) is 0 Å². The van der Waals surface area contributed by atoms with Crippen molar-refractivity contribution in [1.82, 2.24) is 9.80 Å². The highest BCUT2D eigenvalue weighted by molar-refractivity contribution is 5.32. The molecule has 1 aliphatic heterocycles. The van der Waals surface area contributed by atoms with Crippen molar-refractivity contribution in [2.75, 3.05) is 26.2 Å². The molecule has 1 heterocycles. The normalized spacial score (nSPS) is 16.0. The van der Waals surface area contributed by atoms with E-state index in [1.807, 2.05) is 12.1 Å². The molecular weight excluding hydrogens is 314 g/mol. The highest BCUT2D eigenvalue weighted by Gasteiger charge is 2.17. The monoisotopic (exact) mass is 339 g/mol. The smallest absolute Gasteiger partial charge is 0.269 e. The fourth-order valence-corrected chi connectivity index (χ4v) is 3.23. The van der Waals surface area contributed by atoms with Crippen LogP contribution in [0.15, 0.2) is 48.5 Å². The number of nitro benzene ring substituents is 1. The molecule has 3 rings (SSSR count). The third kappa shape index (κ3) is 4.87. The molecule has 0 atom stereocenters.